The molecular weight excluding hydrogens is 308 g/mol. The van der Waals surface area contributed by atoms with Crippen LogP contribution >= 0.6 is 11.3 Å². The summed E-state index contributed by atoms with van der Waals surface area (Å²) in [5.41, 5.74) is 0. The van der Waals surface area contributed by atoms with Crippen molar-refractivity contribution in [3.63, 3.8) is 0 Å². The topological polar surface area (TPSA) is 66.4 Å². The van der Waals surface area contributed by atoms with E-state index in [0.717, 1.165) is 12.1 Å². The second kappa shape index (κ2) is 5.96. The number of halogens is 2. The van der Waals surface area contributed by atoms with Crippen LogP contribution in [0.5, 0.6) is 0 Å². The Morgan fingerprint density at radius 2 is 2.05 bits per heavy atom. The summed E-state index contributed by atoms with van der Waals surface area (Å²) >= 11 is 1.27. The molecule has 0 aliphatic carbocycles. The van der Waals surface area contributed by atoms with Crippen molar-refractivity contribution in [1.82, 2.24) is 4.72 Å². The molecule has 8 heteroatoms. The van der Waals surface area contributed by atoms with Crippen molar-refractivity contribution in [2.75, 3.05) is 6.54 Å². The molecule has 0 amide bonds. The van der Waals surface area contributed by atoms with E-state index in [1.165, 1.54) is 11.3 Å². The summed E-state index contributed by atoms with van der Waals surface area (Å²) in [5.74, 6) is -2.04. The Balaban J connectivity index is 2.11. The minimum atomic E-state index is -4.14. The third-order valence-electron chi connectivity index (χ3n) is 2.52. The van der Waals surface area contributed by atoms with Crippen LogP contribution in [-0.4, -0.2) is 20.1 Å². The van der Waals surface area contributed by atoms with Crippen molar-refractivity contribution in [2.24, 2.45) is 0 Å². The Morgan fingerprint density at radius 3 is 2.65 bits per heavy atom. The fourth-order valence-electron chi connectivity index (χ4n) is 1.54. The lowest BCUT2D eigenvalue weighted by molar-refractivity contribution is 0.185. The molecule has 2 aromatic rings. The van der Waals surface area contributed by atoms with Gasteiger partial charge in [0.25, 0.3) is 0 Å². The van der Waals surface area contributed by atoms with Gasteiger partial charge < -0.3 is 5.11 Å². The van der Waals surface area contributed by atoms with E-state index >= 15 is 0 Å². The molecule has 1 atom stereocenters. The van der Waals surface area contributed by atoms with Crippen LogP contribution in [0.1, 0.15) is 11.0 Å². The van der Waals surface area contributed by atoms with Crippen LogP contribution in [0, 0.1) is 11.6 Å². The number of nitrogens with one attached hydrogen (secondary N) is 1. The first-order chi connectivity index (χ1) is 9.40. The van der Waals surface area contributed by atoms with Gasteiger partial charge in [-0.2, -0.15) is 0 Å². The fraction of sp³-hybridized carbons (Fsp3) is 0.167. The third kappa shape index (κ3) is 3.40. The monoisotopic (exact) mass is 319 g/mol. The first-order valence-corrected chi connectivity index (χ1v) is 7.92. The summed E-state index contributed by atoms with van der Waals surface area (Å²) < 4.78 is 52.0. The van der Waals surface area contributed by atoms with E-state index in [4.69, 9.17) is 0 Å². The highest BCUT2D eigenvalue weighted by Gasteiger charge is 2.21. The standard InChI is InChI=1S/C12H11F2NO3S2/c13-8-3-4-12(9(14)6-8)20(17,18)15-7-10(16)11-2-1-5-19-11/h1-6,10,15-16H,7H2. The molecule has 4 nitrogen and oxygen atoms in total. The zero-order valence-electron chi connectivity index (χ0n) is 10.1. The van der Waals surface area contributed by atoms with E-state index < -0.39 is 32.7 Å². The molecule has 0 saturated carbocycles. The van der Waals surface area contributed by atoms with Gasteiger partial charge in [0.05, 0.1) is 0 Å². The van der Waals surface area contributed by atoms with Gasteiger partial charge in [0, 0.05) is 17.5 Å². The SMILES string of the molecule is O=S(=O)(NCC(O)c1cccs1)c1ccc(F)cc1F. The maximum atomic E-state index is 13.4. The zero-order valence-corrected chi connectivity index (χ0v) is 11.7. The Kier molecular flexibility index (Phi) is 4.48. The van der Waals surface area contributed by atoms with E-state index in [1.807, 2.05) is 0 Å². The van der Waals surface area contributed by atoms with Gasteiger partial charge in [-0.05, 0) is 23.6 Å². The molecule has 108 valence electrons. The number of sulfonamides is 1. The molecule has 1 aromatic heterocycles. The van der Waals surface area contributed by atoms with Gasteiger partial charge in [0.15, 0.2) is 0 Å². The second-order valence-electron chi connectivity index (χ2n) is 3.96. The van der Waals surface area contributed by atoms with Crippen molar-refractivity contribution in [1.29, 1.82) is 0 Å². The number of benzene rings is 1. The van der Waals surface area contributed by atoms with Crippen LogP contribution < -0.4 is 4.72 Å². The number of thiophene rings is 1. The van der Waals surface area contributed by atoms with E-state index in [2.05, 4.69) is 4.72 Å². The smallest absolute Gasteiger partial charge is 0.243 e. The molecule has 20 heavy (non-hydrogen) atoms. The Morgan fingerprint density at radius 1 is 1.30 bits per heavy atom. The van der Waals surface area contributed by atoms with Crippen molar-refractivity contribution in [3.8, 4) is 0 Å². The van der Waals surface area contributed by atoms with Crippen LogP contribution in [0.3, 0.4) is 0 Å². The van der Waals surface area contributed by atoms with Crippen LogP contribution in [0.25, 0.3) is 0 Å². The minimum Gasteiger partial charge on any atom is -0.386 e. The summed E-state index contributed by atoms with van der Waals surface area (Å²) in [5, 5.41) is 11.5. The van der Waals surface area contributed by atoms with Crippen LogP contribution in [-0.2, 0) is 10.0 Å². The first kappa shape index (κ1) is 15.0. The lowest BCUT2D eigenvalue weighted by Crippen LogP contribution is -2.29. The van der Waals surface area contributed by atoms with Crippen molar-refractivity contribution < 1.29 is 22.3 Å². The maximum absolute atomic E-state index is 13.4. The molecule has 1 unspecified atom stereocenters. The van der Waals surface area contributed by atoms with Gasteiger partial charge in [-0.1, -0.05) is 6.07 Å². The molecule has 1 heterocycles. The molecule has 0 radical (unpaired) electrons. The molecule has 0 saturated heterocycles. The summed E-state index contributed by atoms with van der Waals surface area (Å²) in [7, 11) is -4.14. The maximum Gasteiger partial charge on any atom is 0.243 e. The predicted molar refractivity (Wildman–Crippen MR) is 70.8 cm³/mol. The molecule has 0 fully saturated rings. The zero-order chi connectivity index (χ0) is 14.8. The first-order valence-electron chi connectivity index (χ1n) is 5.56. The largest absolute Gasteiger partial charge is 0.386 e. The lowest BCUT2D eigenvalue weighted by Gasteiger charge is -2.11. The number of rotatable bonds is 5. The molecule has 2 rings (SSSR count). The summed E-state index contributed by atoms with van der Waals surface area (Å²) in [4.78, 5) is -0.0652. The molecule has 0 aliphatic rings. The fourth-order valence-corrected chi connectivity index (χ4v) is 3.35. The Hall–Kier alpha value is -1.35. The molecule has 0 bridgehead atoms. The second-order valence-corrected chi connectivity index (χ2v) is 6.67. The van der Waals surface area contributed by atoms with E-state index in [1.54, 1.807) is 17.5 Å². The molecule has 1 aromatic carbocycles. The molecule has 0 spiro atoms. The summed E-state index contributed by atoms with van der Waals surface area (Å²) in [6, 6.07) is 5.56. The van der Waals surface area contributed by atoms with Gasteiger partial charge in [-0.25, -0.2) is 21.9 Å². The number of hydrogen-bond donors (Lipinski definition) is 2. The quantitative estimate of drug-likeness (QED) is 0.886. The summed E-state index contributed by atoms with van der Waals surface area (Å²) in [6.07, 6.45) is -1.02. The van der Waals surface area contributed by atoms with Gasteiger partial charge in [-0.15, -0.1) is 11.3 Å². The highest BCUT2D eigenvalue weighted by atomic mass is 32.2. The highest BCUT2D eigenvalue weighted by Crippen LogP contribution is 2.19. The van der Waals surface area contributed by atoms with E-state index in [9.17, 15) is 22.3 Å². The Bertz CT molecular complexity index is 687. The number of aliphatic hydroxyl groups is 1. The normalized spacial score (nSPS) is 13.3. The van der Waals surface area contributed by atoms with Gasteiger partial charge in [-0.3, -0.25) is 0 Å². The van der Waals surface area contributed by atoms with Crippen molar-refractivity contribution in [2.45, 2.75) is 11.0 Å². The molecular formula is C12H11F2NO3S2. The van der Waals surface area contributed by atoms with Gasteiger partial charge in [0.2, 0.25) is 10.0 Å². The van der Waals surface area contributed by atoms with Crippen LogP contribution in [0.4, 0.5) is 8.78 Å². The van der Waals surface area contributed by atoms with Crippen molar-refractivity contribution in [3.05, 3.63) is 52.2 Å². The van der Waals surface area contributed by atoms with Crippen LogP contribution in [0.15, 0.2) is 40.6 Å². The average Bonchev–Trinajstić information content (AvgIpc) is 2.89. The van der Waals surface area contributed by atoms with E-state index in [0.29, 0.717) is 10.9 Å². The lowest BCUT2D eigenvalue weighted by atomic mass is 10.3. The Labute approximate surface area is 118 Å². The number of hydrogen-bond acceptors (Lipinski definition) is 4. The number of aliphatic hydroxyl groups excluding tert-OH is 1. The third-order valence-corrected chi connectivity index (χ3v) is 4.95. The molecule has 0 aliphatic heterocycles. The van der Waals surface area contributed by atoms with Gasteiger partial charge >= 0.3 is 0 Å². The highest BCUT2D eigenvalue weighted by molar-refractivity contribution is 7.89. The van der Waals surface area contributed by atoms with Crippen molar-refractivity contribution >= 4 is 21.4 Å². The van der Waals surface area contributed by atoms with Gasteiger partial charge in [0.1, 0.15) is 22.6 Å². The predicted octanol–water partition coefficient (Wildman–Crippen LogP) is 2.04. The minimum absolute atomic E-state index is 0.292. The summed E-state index contributed by atoms with van der Waals surface area (Å²) in [6.45, 7) is -0.292. The van der Waals surface area contributed by atoms with E-state index in [-0.39, 0.29) is 6.54 Å². The molecule has 2 N–H and O–H groups in total. The van der Waals surface area contributed by atoms with Crippen LogP contribution in [0.2, 0.25) is 0 Å². The average molecular weight is 319 g/mol.